The minimum absolute atomic E-state index is 0. The molecule has 0 bridgehead atoms. The molecule has 0 unspecified atom stereocenters. The van der Waals surface area contributed by atoms with Crippen molar-refractivity contribution in [3.05, 3.63) is 23.8 Å². The third-order valence-electron chi connectivity index (χ3n) is 2.91. The van der Waals surface area contributed by atoms with Gasteiger partial charge in [0.15, 0.2) is 5.96 Å². The number of aliphatic imine (C=N–C) groups is 1. The van der Waals surface area contributed by atoms with E-state index in [0.717, 1.165) is 6.54 Å². The molecule has 0 heterocycles. The summed E-state index contributed by atoms with van der Waals surface area (Å²) in [7, 11) is 1.52. The summed E-state index contributed by atoms with van der Waals surface area (Å²) in [5.74, 6) is 1.77. The molecule has 0 aromatic heterocycles. The van der Waals surface area contributed by atoms with E-state index in [2.05, 4.69) is 34.2 Å². The minimum atomic E-state index is -2.88. The Labute approximate surface area is 159 Å². The molecule has 138 valence electrons. The van der Waals surface area contributed by atoms with Gasteiger partial charge in [0.25, 0.3) is 0 Å². The number of methoxy groups -OCH3 is 1. The molecular weight excluding hydrogens is 431 g/mol. The molecule has 0 radical (unpaired) electrons. The van der Waals surface area contributed by atoms with Gasteiger partial charge in [0.05, 0.1) is 13.7 Å². The third kappa shape index (κ3) is 8.51. The molecule has 1 aromatic rings. The number of nitrogens with one attached hydrogen (secondary N) is 2. The van der Waals surface area contributed by atoms with Gasteiger partial charge >= 0.3 is 6.61 Å². The smallest absolute Gasteiger partial charge is 0.387 e. The van der Waals surface area contributed by atoms with E-state index in [9.17, 15) is 8.78 Å². The SMILES string of the molecule is CCNC(=NCc1cc(OC)ccc1OC(F)F)NCC(C)C.I. The van der Waals surface area contributed by atoms with Crippen molar-refractivity contribution in [3.8, 4) is 11.5 Å². The first kappa shape index (κ1) is 22.7. The number of halogens is 3. The first-order valence-electron chi connectivity index (χ1n) is 7.60. The Kier molecular flexibility index (Phi) is 11.4. The zero-order valence-corrected chi connectivity index (χ0v) is 16.8. The minimum Gasteiger partial charge on any atom is -0.497 e. The summed E-state index contributed by atoms with van der Waals surface area (Å²) < 4.78 is 34.7. The Morgan fingerprint density at radius 3 is 2.50 bits per heavy atom. The fourth-order valence-corrected chi connectivity index (χ4v) is 1.82. The number of rotatable bonds is 8. The van der Waals surface area contributed by atoms with Gasteiger partial charge in [-0.3, -0.25) is 0 Å². The van der Waals surface area contributed by atoms with Crippen molar-refractivity contribution < 1.29 is 18.3 Å². The first-order chi connectivity index (χ1) is 11.0. The largest absolute Gasteiger partial charge is 0.497 e. The van der Waals surface area contributed by atoms with Gasteiger partial charge in [0.2, 0.25) is 0 Å². The highest BCUT2D eigenvalue weighted by atomic mass is 127. The van der Waals surface area contributed by atoms with E-state index >= 15 is 0 Å². The highest BCUT2D eigenvalue weighted by Crippen LogP contribution is 2.26. The van der Waals surface area contributed by atoms with Gasteiger partial charge in [-0.25, -0.2) is 4.99 Å². The fraction of sp³-hybridized carbons (Fsp3) is 0.562. The quantitative estimate of drug-likeness (QED) is 0.356. The monoisotopic (exact) mass is 457 g/mol. The number of guanidine groups is 1. The Hall–Kier alpha value is -1.32. The van der Waals surface area contributed by atoms with Crippen LogP contribution in [0, 0.1) is 5.92 Å². The van der Waals surface area contributed by atoms with Crippen LogP contribution in [0.1, 0.15) is 26.3 Å². The van der Waals surface area contributed by atoms with E-state index in [1.807, 2.05) is 6.92 Å². The van der Waals surface area contributed by atoms with Crippen molar-refractivity contribution in [1.82, 2.24) is 10.6 Å². The van der Waals surface area contributed by atoms with Crippen molar-refractivity contribution in [2.24, 2.45) is 10.9 Å². The fourth-order valence-electron chi connectivity index (χ4n) is 1.82. The second kappa shape index (κ2) is 12.1. The third-order valence-corrected chi connectivity index (χ3v) is 2.91. The van der Waals surface area contributed by atoms with Crippen LogP contribution in [0.15, 0.2) is 23.2 Å². The predicted octanol–water partition coefficient (Wildman–Crippen LogP) is 3.63. The normalized spacial score (nSPS) is 11.2. The van der Waals surface area contributed by atoms with E-state index in [-0.39, 0.29) is 36.3 Å². The second-order valence-electron chi connectivity index (χ2n) is 5.32. The van der Waals surface area contributed by atoms with Crippen LogP contribution in [0.2, 0.25) is 0 Å². The molecule has 5 nitrogen and oxygen atoms in total. The number of alkyl halides is 2. The molecule has 1 rings (SSSR count). The van der Waals surface area contributed by atoms with Crippen molar-refractivity contribution in [1.29, 1.82) is 0 Å². The topological polar surface area (TPSA) is 54.9 Å². The molecule has 1 aromatic carbocycles. The van der Waals surface area contributed by atoms with Crippen molar-refractivity contribution >= 4 is 29.9 Å². The maximum absolute atomic E-state index is 12.5. The van der Waals surface area contributed by atoms with Crippen LogP contribution in [0.4, 0.5) is 8.78 Å². The lowest BCUT2D eigenvalue weighted by atomic mass is 10.2. The average Bonchev–Trinajstić information content (AvgIpc) is 2.50. The molecule has 0 saturated heterocycles. The molecule has 0 spiro atoms. The molecule has 0 atom stereocenters. The zero-order chi connectivity index (χ0) is 17.2. The van der Waals surface area contributed by atoms with E-state index in [1.54, 1.807) is 12.1 Å². The highest BCUT2D eigenvalue weighted by molar-refractivity contribution is 14.0. The van der Waals surface area contributed by atoms with E-state index < -0.39 is 6.61 Å². The van der Waals surface area contributed by atoms with Crippen LogP contribution in [0.5, 0.6) is 11.5 Å². The summed E-state index contributed by atoms with van der Waals surface area (Å²) >= 11 is 0. The maximum atomic E-state index is 12.5. The van der Waals surface area contributed by atoms with Crippen molar-refractivity contribution in [2.75, 3.05) is 20.2 Å². The molecule has 0 aliphatic rings. The van der Waals surface area contributed by atoms with Crippen molar-refractivity contribution in [2.45, 2.75) is 33.9 Å². The number of benzene rings is 1. The molecule has 8 heteroatoms. The predicted molar refractivity (Wildman–Crippen MR) is 103 cm³/mol. The molecule has 0 aliphatic carbocycles. The van der Waals surface area contributed by atoms with Crippen LogP contribution in [-0.4, -0.2) is 32.8 Å². The summed E-state index contributed by atoms with van der Waals surface area (Å²) in [6, 6.07) is 4.69. The van der Waals surface area contributed by atoms with Crippen LogP contribution in [0.25, 0.3) is 0 Å². The number of nitrogens with zero attached hydrogens (tertiary/aromatic N) is 1. The van der Waals surface area contributed by atoms with Gasteiger partial charge in [0, 0.05) is 18.7 Å². The van der Waals surface area contributed by atoms with Gasteiger partial charge in [-0.05, 0) is 31.0 Å². The Bertz CT molecular complexity index is 514. The van der Waals surface area contributed by atoms with Crippen LogP contribution >= 0.6 is 24.0 Å². The second-order valence-corrected chi connectivity index (χ2v) is 5.32. The van der Waals surface area contributed by atoms with Gasteiger partial charge in [-0.15, -0.1) is 24.0 Å². The Morgan fingerprint density at radius 2 is 1.96 bits per heavy atom. The van der Waals surface area contributed by atoms with Gasteiger partial charge in [-0.1, -0.05) is 13.8 Å². The summed E-state index contributed by atoms with van der Waals surface area (Å²) in [5.41, 5.74) is 0.534. The Morgan fingerprint density at radius 1 is 1.25 bits per heavy atom. The summed E-state index contributed by atoms with van der Waals surface area (Å²) in [6.45, 7) is 4.95. The molecule has 0 saturated carbocycles. The van der Waals surface area contributed by atoms with Gasteiger partial charge in [0.1, 0.15) is 11.5 Å². The summed E-state index contributed by atoms with van der Waals surface area (Å²) in [6.07, 6.45) is 0. The van der Waals surface area contributed by atoms with E-state index in [1.165, 1.54) is 13.2 Å². The van der Waals surface area contributed by atoms with Crippen LogP contribution < -0.4 is 20.1 Å². The maximum Gasteiger partial charge on any atom is 0.387 e. The van der Waals surface area contributed by atoms with E-state index in [0.29, 0.717) is 29.7 Å². The number of hydrogen-bond acceptors (Lipinski definition) is 3. The summed E-state index contributed by atoms with van der Waals surface area (Å²) in [4.78, 5) is 4.41. The molecule has 0 amide bonds. The first-order valence-corrected chi connectivity index (χ1v) is 7.60. The lowest BCUT2D eigenvalue weighted by Crippen LogP contribution is -2.39. The van der Waals surface area contributed by atoms with Gasteiger partial charge in [-0.2, -0.15) is 8.78 Å². The number of ether oxygens (including phenoxy) is 2. The molecule has 0 fully saturated rings. The Balaban J connectivity index is 0.00000529. The lowest BCUT2D eigenvalue weighted by Gasteiger charge is -2.14. The van der Waals surface area contributed by atoms with E-state index in [4.69, 9.17) is 4.74 Å². The molecular formula is C16H26F2IN3O2. The molecule has 0 aliphatic heterocycles. The number of hydrogen-bond donors (Lipinski definition) is 2. The van der Waals surface area contributed by atoms with Crippen molar-refractivity contribution in [3.63, 3.8) is 0 Å². The highest BCUT2D eigenvalue weighted by Gasteiger charge is 2.11. The average molecular weight is 457 g/mol. The van der Waals surface area contributed by atoms with Gasteiger partial charge < -0.3 is 20.1 Å². The van der Waals surface area contributed by atoms with Crippen LogP contribution in [-0.2, 0) is 6.54 Å². The summed E-state index contributed by atoms with van der Waals surface area (Å²) in [5, 5.41) is 6.31. The standard InChI is InChI=1S/C16H25F2N3O2.HI/c1-5-19-16(20-9-11(2)3)21-10-12-8-13(22-4)6-7-14(12)23-15(17)18;/h6-8,11,15H,5,9-10H2,1-4H3,(H2,19,20,21);1H. The lowest BCUT2D eigenvalue weighted by molar-refractivity contribution is -0.0504. The molecule has 24 heavy (non-hydrogen) atoms. The van der Waals surface area contributed by atoms with Crippen LogP contribution in [0.3, 0.4) is 0 Å². The zero-order valence-electron chi connectivity index (χ0n) is 14.4. The molecule has 2 N–H and O–H groups in total.